The quantitative estimate of drug-likeness (QED) is 0.0896. The highest BCUT2D eigenvalue weighted by atomic mass is 31.2. The zero-order chi connectivity index (χ0) is 25.8. The zero-order valence-corrected chi connectivity index (χ0v) is 24.3. The van der Waals surface area contributed by atoms with Crippen molar-refractivity contribution >= 4 is 7.82 Å². The minimum absolute atomic E-state index is 0.00380. The Bertz CT molecular complexity index is 534. The number of hydrogen-bond acceptors (Lipinski definition) is 5. The van der Waals surface area contributed by atoms with Crippen LogP contribution in [0.2, 0.25) is 0 Å². The van der Waals surface area contributed by atoms with Gasteiger partial charge in [0, 0.05) is 0 Å². The molecule has 0 spiro atoms. The van der Waals surface area contributed by atoms with Gasteiger partial charge in [0.25, 0.3) is 0 Å². The van der Waals surface area contributed by atoms with Crippen molar-refractivity contribution in [1.82, 2.24) is 0 Å². The molecule has 0 bridgehead atoms. The van der Waals surface area contributed by atoms with Gasteiger partial charge in [-0.2, -0.15) is 0 Å². The summed E-state index contributed by atoms with van der Waals surface area (Å²) in [6, 6.07) is 0. The first-order valence-electron chi connectivity index (χ1n) is 14.4. The van der Waals surface area contributed by atoms with Crippen molar-refractivity contribution in [2.24, 2.45) is 0 Å². The van der Waals surface area contributed by atoms with Gasteiger partial charge in [0.15, 0.2) is 0 Å². The van der Waals surface area contributed by atoms with Gasteiger partial charge < -0.3 is 18.9 Å². The number of rotatable bonds is 23. The first-order valence-corrected chi connectivity index (χ1v) is 15.9. The van der Waals surface area contributed by atoms with Crippen LogP contribution in [0.5, 0.6) is 0 Å². The normalized spacial score (nSPS) is 20.7. The summed E-state index contributed by atoms with van der Waals surface area (Å²) in [4.78, 5) is 9.80. The van der Waals surface area contributed by atoms with E-state index >= 15 is 0 Å². The van der Waals surface area contributed by atoms with Crippen LogP contribution in [0.15, 0.2) is 0 Å². The fraction of sp³-hybridized carbons (Fsp3) is 1.00. The molecular weight excluding hydrogens is 465 g/mol. The number of hydrogen-bond donors (Lipinski definition) is 1. The average Bonchev–Trinajstić information content (AvgIpc) is 2.80. The lowest BCUT2D eigenvalue weighted by molar-refractivity contribution is -0.870. The monoisotopic (exact) mass is 522 g/mol. The second-order valence-corrected chi connectivity index (χ2v) is 12.7. The van der Waals surface area contributed by atoms with Crippen molar-refractivity contribution in [1.29, 1.82) is 0 Å². The van der Waals surface area contributed by atoms with Gasteiger partial charge in [-0.25, -0.2) is 4.57 Å². The molecule has 0 saturated carbocycles. The maximum atomic E-state index is 12.0. The number of phosphoric acid groups is 1. The fourth-order valence-corrected chi connectivity index (χ4v) is 4.98. The summed E-state index contributed by atoms with van der Waals surface area (Å²) in [7, 11) is 1.93. The molecule has 1 rings (SSSR count). The summed E-state index contributed by atoms with van der Waals surface area (Å²) >= 11 is 0. The zero-order valence-electron chi connectivity index (χ0n) is 23.4. The van der Waals surface area contributed by atoms with E-state index < -0.39 is 7.82 Å². The van der Waals surface area contributed by atoms with Crippen molar-refractivity contribution in [3.8, 4) is 0 Å². The molecule has 1 unspecified atom stereocenters. The van der Waals surface area contributed by atoms with Crippen LogP contribution in [0, 0.1) is 0 Å². The molecule has 1 aliphatic rings. The second kappa shape index (κ2) is 20.0. The Hall–Kier alpha value is -0.0100. The summed E-state index contributed by atoms with van der Waals surface area (Å²) in [5.74, 6) is 0. The highest BCUT2D eigenvalue weighted by Gasteiger charge is 2.28. The Morgan fingerprint density at radius 1 is 0.743 bits per heavy atom. The van der Waals surface area contributed by atoms with Gasteiger partial charge in [-0.15, -0.1) is 0 Å². The maximum Gasteiger partial charge on any atom is 0.472 e. The summed E-state index contributed by atoms with van der Waals surface area (Å²) < 4.78 is 34.4. The van der Waals surface area contributed by atoms with E-state index in [1.54, 1.807) is 0 Å². The van der Waals surface area contributed by atoms with E-state index in [0.717, 1.165) is 6.42 Å². The molecule has 1 saturated heterocycles. The lowest BCUT2D eigenvalue weighted by Gasteiger charge is -2.30. The predicted molar refractivity (Wildman–Crippen MR) is 144 cm³/mol. The molecule has 7 nitrogen and oxygen atoms in total. The van der Waals surface area contributed by atoms with E-state index in [0.29, 0.717) is 24.2 Å². The van der Waals surface area contributed by atoms with Gasteiger partial charge in [0.2, 0.25) is 0 Å². The van der Waals surface area contributed by atoms with E-state index in [-0.39, 0.29) is 25.4 Å². The number of nitrogens with zero attached hydrogens (tertiary/aromatic N) is 1. The first-order chi connectivity index (χ1) is 16.7. The molecule has 1 aliphatic heterocycles. The Morgan fingerprint density at radius 3 is 1.66 bits per heavy atom. The summed E-state index contributed by atoms with van der Waals surface area (Å²) in [5.41, 5.74) is 0. The largest absolute Gasteiger partial charge is 0.472 e. The van der Waals surface area contributed by atoms with Crippen LogP contribution < -0.4 is 0 Å². The molecule has 35 heavy (non-hydrogen) atoms. The van der Waals surface area contributed by atoms with Crippen LogP contribution in [-0.4, -0.2) is 75.7 Å². The molecule has 1 N–H and O–H groups in total. The molecule has 210 valence electrons. The molecule has 0 aromatic heterocycles. The Labute approximate surface area is 216 Å². The standard InChI is InChI=1S/C27H56NO6P/c1-5-6-7-8-9-10-11-12-13-14-15-16-17-18-19-20-26-23-32-27(24-31-26)25-34-35(29,30)33-22-21-28(2,3)4/h26-27H,5-25H2,1-4H3/p+1/t26-,27+/m1/s1. The molecule has 1 heterocycles. The average molecular weight is 523 g/mol. The Balaban J connectivity index is 1.89. The van der Waals surface area contributed by atoms with Crippen molar-refractivity contribution < 1.29 is 32.5 Å². The van der Waals surface area contributed by atoms with E-state index in [2.05, 4.69) is 6.92 Å². The molecular formula is C27H57NO6P+. The van der Waals surface area contributed by atoms with Crippen molar-refractivity contribution in [2.75, 3.05) is 54.1 Å². The van der Waals surface area contributed by atoms with Crippen LogP contribution in [0.25, 0.3) is 0 Å². The van der Waals surface area contributed by atoms with Crippen LogP contribution in [0.1, 0.15) is 110 Å². The van der Waals surface area contributed by atoms with Gasteiger partial charge in [-0.05, 0) is 6.42 Å². The topological polar surface area (TPSA) is 74.2 Å². The second-order valence-electron chi connectivity index (χ2n) is 11.3. The van der Waals surface area contributed by atoms with Crippen LogP contribution >= 0.6 is 7.82 Å². The molecule has 0 aromatic rings. The minimum atomic E-state index is -4.05. The molecule has 8 heteroatoms. The first kappa shape index (κ1) is 33.0. The van der Waals surface area contributed by atoms with Gasteiger partial charge in [0.05, 0.1) is 47.1 Å². The minimum Gasteiger partial charge on any atom is -0.373 e. The maximum absolute atomic E-state index is 12.0. The number of likely N-dealkylation sites (N-methyl/N-ethyl adjacent to an activating group) is 1. The van der Waals surface area contributed by atoms with Crippen molar-refractivity contribution in [2.45, 2.75) is 122 Å². The molecule has 0 radical (unpaired) electrons. The number of phosphoric ester groups is 1. The highest BCUT2D eigenvalue weighted by Crippen LogP contribution is 2.43. The van der Waals surface area contributed by atoms with E-state index in [1.165, 1.54) is 96.3 Å². The van der Waals surface area contributed by atoms with Crippen LogP contribution in [0.4, 0.5) is 0 Å². The summed E-state index contributed by atoms with van der Waals surface area (Å²) in [6.45, 7) is 3.98. The van der Waals surface area contributed by atoms with E-state index in [1.807, 2.05) is 21.1 Å². The molecule has 0 aliphatic carbocycles. The molecule has 0 aromatic carbocycles. The summed E-state index contributed by atoms with van der Waals surface area (Å²) in [5, 5.41) is 0. The SMILES string of the molecule is CCCCCCCCCCCCCCCCC[C@@H]1CO[C@H](COP(=O)(O)OCC[N+](C)(C)C)CO1. The van der Waals surface area contributed by atoms with Crippen molar-refractivity contribution in [3.63, 3.8) is 0 Å². The number of unbranched alkanes of at least 4 members (excludes halogenated alkanes) is 14. The third kappa shape index (κ3) is 20.7. The molecule has 1 fully saturated rings. The number of ether oxygens (including phenoxy) is 2. The third-order valence-electron chi connectivity index (χ3n) is 6.61. The highest BCUT2D eigenvalue weighted by molar-refractivity contribution is 7.47. The molecule has 3 atom stereocenters. The van der Waals surface area contributed by atoms with Crippen LogP contribution in [-0.2, 0) is 23.1 Å². The number of quaternary nitrogens is 1. The van der Waals surface area contributed by atoms with Gasteiger partial charge >= 0.3 is 7.82 Å². The Kier molecular flexibility index (Phi) is 18.9. The van der Waals surface area contributed by atoms with Crippen LogP contribution in [0.3, 0.4) is 0 Å². The van der Waals surface area contributed by atoms with Gasteiger partial charge in [-0.1, -0.05) is 103 Å². The van der Waals surface area contributed by atoms with Gasteiger partial charge in [-0.3, -0.25) is 9.05 Å². The lowest BCUT2D eigenvalue weighted by atomic mass is 10.0. The van der Waals surface area contributed by atoms with Gasteiger partial charge in [0.1, 0.15) is 19.3 Å². The summed E-state index contributed by atoms with van der Waals surface area (Å²) in [6.07, 6.45) is 21.3. The van der Waals surface area contributed by atoms with Crippen molar-refractivity contribution in [3.05, 3.63) is 0 Å². The smallest absolute Gasteiger partial charge is 0.373 e. The Morgan fingerprint density at radius 2 is 1.20 bits per heavy atom. The lowest BCUT2D eigenvalue weighted by Crippen LogP contribution is -2.38. The predicted octanol–water partition coefficient (Wildman–Crippen LogP) is 6.87. The van der Waals surface area contributed by atoms with E-state index in [9.17, 15) is 9.46 Å². The third-order valence-corrected chi connectivity index (χ3v) is 7.59. The molecule has 0 amide bonds. The van der Waals surface area contributed by atoms with E-state index in [4.69, 9.17) is 18.5 Å². The fourth-order valence-electron chi connectivity index (χ4n) is 4.23.